The molecule has 16 heavy (non-hydrogen) atoms. The maximum absolute atomic E-state index is 9.62. The molecule has 0 amide bonds. The van der Waals surface area contributed by atoms with Crippen LogP contribution in [-0.2, 0) is 6.54 Å². The Morgan fingerprint density at radius 3 is 3.19 bits per heavy atom. The summed E-state index contributed by atoms with van der Waals surface area (Å²) in [5.41, 5.74) is 1.26. The van der Waals surface area contributed by atoms with Crippen molar-refractivity contribution < 1.29 is 5.11 Å². The van der Waals surface area contributed by atoms with Gasteiger partial charge in [0.05, 0.1) is 6.10 Å². The molecule has 0 aromatic carbocycles. The molecule has 1 fully saturated rings. The fraction of sp³-hybridized carbons (Fsp3) is 0.615. The maximum Gasteiger partial charge on any atom is 0.0552 e. The SMILES string of the molecule is CC(O)C1CCCN(Cc2cccnc2)C1. The van der Waals surface area contributed by atoms with Crippen molar-refractivity contribution in [2.24, 2.45) is 5.92 Å². The number of pyridine rings is 1. The molecular formula is C13H20N2O. The molecule has 3 heteroatoms. The van der Waals surface area contributed by atoms with Gasteiger partial charge < -0.3 is 5.11 Å². The Balaban J connectivity index is 1.90. The van der Waals surface area contributed by atoms with Gasteiger partial charge in [0.1, 0.15) is 0 Å². The molecule has 1 aromatic heterocycles. The van der Waals surface area contributed by atoms with Crippen LogP contribution in [0.15, 0.2) is 24.5 Å². The van der Waals surface area contributed by atoms with Gasteiger partial charge in [-0.3, -0.25) is 9.88 Å². The highest BCUT2D eigenvalue weighted by molar-refractivity contribution is 5.08. The van der Waals surface area contributed by atoms with Gasteiger partial charge in [-0.25, -0.2) is 0 Å². The first-order chi connectivity index (χ1) is 7.75. The monoisotopic (exact) mass is 220 g/mol. The number of likely N-dealkylation sites (tertiary alicyclic amines) is 1. The molecule has 88 valence electrons. The highest BCUT2D eigenvalue weighted by Crippen LogP contribution is 2.20. The first-order valence-corrected chi connectivity index (χ1v) is 6.05. The minimum Gasteiger partial charge on any atom is -0.393 e. The summed E-state index contributed by atoms with van der Waals surface area (Å²) in [5, 5.41) is 9.62. The van der Waals surface area contributed by atoms with Crippen molar-refractivity contribution in [3.8, 4) is 0 Å². The number of nitrogens with zero attached hydrogens (tertiary/aromatic N) is 2. The van der Waals surface area contributed by atoms with Crippen LogP contribution in [0.25, 0.3) is 0 Å². The molecule has 2 unspecified atom stereocenters. The fourth-order valence-corrected chi connectivity index (χ4v) is 2.38. The lowest BCUT2D eigenvalue weighted by molar-refractivity contribution is 0.0598. The Bertz CT molecular complexity index is 313. The molecule has 0 aliphatic carbocycles. The van der Waals surface area contributed by atoms with E-state index in [4.69, 9.17) is 0 Å². The second-order valence-corrected chi connectivity index (χ2v) is 4.74. The van der Waals surface area contributed by atoms with E-state index in [-0.39, 0.29) is 6.10 Å². The molecule has 2 heterocycles. The molecule has 2 rings (SSSR count). The molecule has 0 spiro atoms. The van der Waals surface area contributed by atoms with E-state index in [9.17, 15) is 5.11 Å². The van der Waals surface area contributed by atoms with Gasteiger partial charge in [0.25, 0.3) is 0 Å². The summed E-state index contributed by atoms with van der Waals surface area (Å²) in [6, 6.07) is 4.09. The largest absolute Gasteiger partial charge is 0.393 e. The van der Waals surface area contributed by atoms with Crippen LogP contribution < -0.4 is 0 Å². The zero-order valence-electron chi connectivity index (χ0n) is 9.84. The molecule has 0 bridgehead atoms. The summed E-state index contributed by atoms with van der Waals surface area (Å²) in [6.45, 7) is 5.00. The lowest BCUT2D eigenvalue weighted by atomic mass is 9.93. The van der Waals surface area contributed by atoms with Crippen molar-refractivity contribution in [2.45, 2.75) is 32.4 Å². The molecule has 0 radical (unpaired) electrons. The first-order valence-electron chi connectivity index (χ1n) is 6.05. The quantitative estimate of drug-likeness (QED) is 0.842. The summed E-state index contributed by atoms with van der Waals surface area (Å²) in [6.07, 6.45) is 5.89. The lowest BCUT2D eigenvalue weighted by Gasteiger charge is -2.34. The second-order valence-electron chi connectivity index (χ2n) is 4.74. The Kier molecular flexibility index (Phi) is 3.91. The minimum atomic E-state index is -0.184. The molecule has 0 saturated carbocycles. The predicted molar refractivity (Wildman–Crippen MR) is 63.9 cm³/mol. The molecule has 3 nitrogen and oxygen atoms in total. The van der Waals surface area contributed by atoms with Crippen molar-refractivity contribution in [3.05, 3.63) is 30.1 Å². The van der Waals surface area contributed by atoms with Gasteiger partial charge in [-0.05, 0) is 43.9 Å². The summed E-state index contributed by atoms with van der Waals surface area (Å²) in [4.78, 5) is 6.54. The summed E-state index contributed by atoms with van der Waals surface area (Å²) in [5.74, 6) is 0.436. The van der Waals surface area contributed by atoms with Crippen LogP contribution in [0.2, 0.25) is 0 Å². The van der Waals surface area contributed by atoms with E-state index in [1.807, 2.05) is 19.2 Å². The third kappa shape index (κ3) is 3.03. The molecular weight excluding hydrogens is 200 g/mol. The summed E-state index contributed by atoms with van der Waals surface area (Å²) in [7, 11) is 0. The minimum absolute atomic E-state index is 0.184. The number of aliphatic hydroxyl groups is 1. The number of rotatable bonds is 3. The zero-order valence-corrected chi connectivity index (χ0v) is 9.84. The highest BCUT2D eigenvalue weighted by atomic mass is 16.3. The van der Waals surface area contributed by atoms with E-state index >= 15 is 0 Å². The fourth-order valence-electron chi connectivity index (χ4n) is 2.38. The van der Waals surface area contributed by atoms with E-state index in [1.54, 1.807) is 6.20 Å². The average molecular weight is 220 g/mol. The topological polar surface area (TPSA) is 36.4 Å². The van der Waals surface area contributed by atoms with Crippen LogP contribution in [0.3, 0.4) is 0 Å². The van der Waals surface area contributed by atoms with Crippen molar-refractivity contribution in [2.75, 3.05) is 13.1 Å². The molecule has 1 aliphatic rings. The van der Waals surface area contributed by atoms with E-state index in [2.05, 4.69) is 16.0 Å². The van der Waals surface area contributed by atoms with Crippen molar-refractivity contribution in [3.63, 3.8) is 0 Å². The maximum atomic E-state index is 9.62. The van der Waals surface area contributed by atoms with E-state index < -0.39 is 0 Å². The van der Waals surface area contributed by atoms with Crippen molar-refractivity contribution >= 4 is 0 Å². The Labute approximate surface area is 97.1 Å². The van der Waals surface area contributed by atoms with Crippen LogP contribution in [0.4, 0.5) is 0 Å². The van der Waals surface area contributed by atoms with Crippen LogP contribution in [0.1, 0.15) is 25.3 Å². The summed E-state index contributed by atoms with van der Waals surface area (Å²) >= 11 is 0. The molecule has 1 saturated heterocycles. The predicted octanol–water partition coefficient (Wildman–Crippen LogP) is 1.67. The van der Waals surface area contributed by atoms with Crippen LogP contribution in [-0.4, -0.2) is 34.2 Å². The summed E-state index contributed by atoms with van der Waals surface area (Å²) < 4.78 is 0. The number of hydrogen-bond donors (Lipinski definition) is 1. The van der Waals surface area contributed by atoms with Gasteiger partial charge in [0.2, 0.25) is 0 Å². The highest BCUT2D eigenvalue weighted by Gasteiger charge is 2.23. The zero-order chi connectivity index (χ0) is 11.4. The number of hydrogen-bond acceptors (Lipinski definition) is 3. The van der Waals surface area contributed by atoms with Crippen LogP contribution in [0, 0.1) is 5.92 Å². The third-order valence-electron chi connectivity index (χ3n) is 3.35. The molecule has 1 aromatic rings. The van der Waals surface area contributed by atoms with Gasteiger partial charge in [-0.15, -0.1) is 0 Å². The average Bonchev–Trinajstić information content (AvgIpc) is 2.30. The number of piperidine rings is 1. The number of aliphatic hydroxyl groups excluding tert-OH is 1. The van der Waals surface area contributed by atoms with Gasteiger partial charge in [-0.2, -0.15) is 0 Å². The Hall–Kier alpha value is -0.930. The Morgan fingerprint density at radius 1 is 1.62 bits per heavy atom. The van der Waals surface area contributed by atoms with Crippen LogP contribution >= 0.6 is 0 Å². The van der Waals surface area contributed by atoms with Gasteiger partial charge in [0, 0.05) is 25.5 Å². The van der Waals surface area contributed by atoms with Gasteiger partial charge in [0.15, 0.2) is 0 Å². The normalized spacial score (nSPS) is 24.2. The molecule has 1 aliphatic heterocycles. The Morgan fingerprint density at radius 2 is 2.50 bits per heavy atom. The molecule has 1 N–H and O–H groups in total. The van der Waals surface area contributed by atoms with Crippen molar-refractivity contribution in [1.82, 2.24) is 9.88 Å². The van der Waals surface area contributed by atoms with Crippen molar-refractivity contribution in [1.29, 1.82) is 0 Å². The van der Waals surface area contributed by atoms with E-state index in [0.29, 0.717) is 5.92 Å². The smallest absolute Gasteiger partial charge is 0.0552 e. The van der Waals surface area contributed by atoms with E-state index in [1.165, 1.54) is 12.0 Å². The van der Waals surface area contributed by atoms with Crippen LogP contribution in [0.5, 0.6) is 0 Å². The lowest BCUT2D eigenvalue weighted by Crippen LogP contribution is -2.39. The second kappa shape index (κ2) is 5.41. The standard InChI is InChI=1S/C13H20N2O/c1-11(16)13-5-3-7-15(10-13)9-12-4-2-6-14-8-12/h2,4,6,8,11,13,16H,3,5,7,9-10H2,1H3. The first kappa shape index (κ1) is 11.6. The molecule has 2 atom stereocenters. The van der Waals surface area contributed by atoms with Gasteiger partial charge >= 0.3 is 0 Å². The van der Waals surface area contributed by atoms with Gasteiger partial charge in [-0.1, -0.05) is 6.07 Å². The third-order valence-corrected chi connectivity index (χ3v) is 3.35. The van der Waals surface area contributed by atoms with E-state index in [0.717, 1.165) is 26.1 Å². The number of aromatic nitrogens is 1.